The Bertz CT molecular complexity index is 4340. The molecule has 9 heterocycles. The molecule has 94 heavy (non-hydrogen) atoms. The predicted molar refractivity (Wildman–Crippen MR) is 378 cm³/mol. The molecule has 15 aromatic rings. The summed E-state index contributed by atoms with van der Waals surface area (Å²) < 4.78 is 0. The van der Waals surface area contributed by atoms with Crippen LogP contribution >= 0.6 is 0 Å². The van der Waals surface area contributed by atoms with Crippen LogP contribution < -0.4 is 19.6 Å². The second kappa shape index (κ2) is 26.5. The first-order valence-electron chi connectivity index (χ1n) is 30.8. The topological polar surface area (TPSA) is 129 Å². The summed E-state index contributed by atoms with van der Waals surface area (Å²) in [7, 11) is 0. The van der Waals surface area contributed by atoms with E-state index in [1.165, 1.54) is 0 Å². The molecule has 9 aromatic heterocycles. The standard InChI is InChI=1S/C81H57N13/c1-7-19-64(20-8-1)91(65-21-9-2-10-22-65)76-37-31-58(49-85-76)70-43-46-82-55-73(70)61-34-40-79(88-52-61)94(80-41-35-62(53-89-80)74-56-83-47-44-71(74)59-32-38-77(86-50-59)92(66-23-11-3-12-24-66)67-25-13-4-14-26-67)81-42-36-63(54-90-81)75-57-84-48-45-72(75)60-33-39-78(87-51-60)93(68-27-15-5-16-28-68)69-29-17-6-18-30-69/h1-57H. The zero-order valence-electron chi connectivity index (χ0n) is 50.7. The second-order valence-electron chi connectivity index (χ2n) is 22.0. The average molecular weight is 1210 g/mol. The Morgan fingerprint density at radius 3 is 0.543 bits per heavy atom. The molecule has 446 valence electrons. The summed E-state index contributed by atoms with van der Waals surface area (Å²) in [5.74, 6) is 4.19. The molecule has 0 atom stereocenters. The van der Waals surface area contributed by atoms with Crippen molar-refractivity contribution in [1.29, 1.82) is 0 Å². The van der Waals surface area contributed by atoms with Gasteiger partial charge >= 0.3 is 0 Å². The van der Waals surface area contributed by atoms with Crippen molar-refractivity contribution in [3.63, 3.8) is 0 Å². The zero-order chi connectivity index (χ0) is 62.8. The van der Waals surface area contributed by atoms with E-state index in [1.54, 1.807) is 0 Å². The largest absolute Gasteiger partial charge is 0.295 e. The van der Waals surface area contributed by atoms with Crippen molar-refractivity contribution < 1.29 is 0 Å². The minimum atomic E-state index is 0.601. The number of pyridine rings is 9. The summed E-state index contributed by atoms with van der Waals surface area (Å²) in [6, 6.07) is 92.3. The van der Waals surface area contributed by atoms with Crippen LogP contribution in [0.2, 0.25) is 0 Å². The number of aromatic nitrogens is 9. The Morgan fingerprint density at radius 1 is 0.160 bits per heavy atom. The maximum absolute atomic E-state index is 5.19. The molecule has 13 nitrogen and oxygen atoms in total. The van der Waals surface area contributed by atoms with Crippen molar-refractivity contribution in [2.45, 2.75) is 0 Å². The smallest absolute Gasteiger partial charge is 0.139 e. The van der Waals surface area contributed by atoms with Crippen molar-refractivity contribution in [2.24, 2.45) is 0 Å². The van der Waals surface area contributed by atoms with Crippen LogP contribution in [0.1, 0.15) is 0 Å². The highest BCUT2D eigenvalue weighted by atomic mass is 15.3. The van der Waals surface area contributed by atoms with E-state index in [4.69, 9.17) is 29.9 Å². The molecule has 0 bridgehead atoms. The molecular weight excluding hydrogens is 1150 g/mol. The summed E-state index contributed by atoms with van der Waals surface area (Å²) in [5, 5.41) is 0. The maximum Gasteiger partial charge on any atom is 0.139 e. The van der Waals surface area contributed by atoms with Gasteiger partial charge in [0.15, 0.2) is 0 Å². The van der Waals surface area contributed by atoms with E-state index in [9.17, 15) is 0 Å². The van der Waals surface area contributed by atoms with Gasteiger partial charge in [-0.15, -0.1) is 0 Å². The van der Waals surface area contributed by atoms with Gasteiger partial charge in [0.1, 0.15) is 34.9 Å². The van der Waals surface area contributed by atoms with E-state index >= 15 is 0 Å². The summed E-state index contributed by atoms with van der Waals surface area (Å²) in [6.45, 7) is 0. The lowest BCUT2D eigenvalue weighted by Gasteiger charge is -2.24. The highest BCUT2D eigenvalue weighted by Crippen LogP contribution is 2.42. The van der Waals surface area contributed by atoms with Crippen LogP contribution in [-0.4, -0.2) is 44.9 Å². The van der Waals surface area contributed by atoms with Gasteiger partial charge in [-0.05, 0) is 180 Å². The fourth-order valence-electron chi connectivity index (χ4n) is 11.7. The lowest BCUT2D eigenvalue weighted by atomic mass is 9.98. The van der Waals surface area contributed by atoms with E-state index in [0.717, 1.165) is 118 Å². The molecule has 0 radical (unpaired) electrons. The SMILES string of the molecule is c1ccc(N(c2ccccc2)c2ccc(-c3ccncc3-c3ccc(N(c4ccc(-c5cnccc5-c5ccc(N(c6ccccc6)c6ccccc6)nc5)cn4)c4ccc(-c5cnccc5-c5ccc(N(c6ccccc6)c6ccccc6)nc5)cn4)nc3)cn2)cc1. The van der Waals surface area contributed by atoms with Crippen LogP contribution in [0, 0.1) is 0 Å². The van der Waals surface area contributed by atoms with Crippen LogP contribution in [0.3, 0.4) is 0 Å². The Hall–Kier alpha value is -13.1. The third-order valence-electron chi connectivity index (χ3n) is 16.3. The molecule has 0 spiro atoms. The van der Waals surface area contributed by atoms with Gasteiger partial charge in [-0.3, -0.25) is 34.6 Å². The van der Waals surface area contributed by atoms with Gasteiger partial charge in [-0.2, -0.15) is 0 Å². The minimum absolute atomic E-state index is 0.601. The first-order chi connectivity index (χ1) is 46.6. The molecule has 0 aliphatic carbocycles. The monoisotopic (exact) mass is 1210 g/mol. The van der Waals surface area contributed by atoms with Gasteiger partial charge < -0.3 is 0 Å². The fraction of sp³-hybridized carbons (Fsp3) is 0. The number of benzene rings is 6. The van der Waals surface area contributed by atoms with Crippen molar-refractivity contribution >= 4 is 69.0 Å². The van der Waals surface area contributed by atoms with Crippen LogP contribution in [0.5, 0.6) is 0 Å². The molecule has 0 saturated carbocycles. The second-order valence-corrected chi connectivity index (χ2v) is 22.0. The van der Waals surface area contributed by atoms with E-state index in [1.807, 2.05) is 225 Å². The van der Waals surface area contributed by atoms with Gasteiger partial charge in [-0.1, -0.05) is 109 Å². The van der Waals surface area contributed by atoms with E-state index in [0.29, 0.717) is 17.5 Å². The number of rotatable bonds is 18. The fourth-order valence-corrected chi connectivity index (χ4v) is 11.7. The molecule has 0 amide bonds. The highest BCUT2D eigenvalue weighted by Gasteiger charge is 2.22. The predicted octanol–water partition coefficient (Wildman–Crippen LogP) is 20.1. The number of anilines is 12. The van der Waals surface area contributed by atoms with Crippen LogP contribution in [0.4, 0.5) is 69.0 Å². The lowest BCUT2D eigenvalue weighted by molar-refractivity contribution is 1.08. The number of hydrogen-bond donors (Lipinski definition) is 0. The van der Waals surface area contributed by atoms with Gasteiger partial charge in [0.25, 0.3) is 0 Å². The molecule has 0 saturated heterocycles. The van der Waals surface area contributed by atoms with Gasteiger partial charge in [0, 0.05) is 159 Å². The molecule has 0 aliphatic rings. The van der Waals surface area contributed by atoms with Crippen LogP contribution in [0.15, 0.2) is 347 Å². The van der Waals surface area contributed by atoms with Crippen molar-refractivity contribution in [1.82, 2.24) is 44.9 Å². The minimum Gasteiger partial charge on any atom is -0.295 e. The van der Waals surface area contributed by atoms with Gasteiger partial charge in [0.2, 0.25) is 0 Å². The highest BCUT2D eigenvalue weighted by molar-refractivity contribution is 5.88. The molecule has 0 unspecified atom stereocenters. The van der Waals surface area contributed by atoms with Gasteiger partial charge in [0.05, 0.1) is 0 Å². The molecule has 0 N–H and O–H groups in total. The third kappa shape index (κ3) is 12.0. The summed E-state index contributed by atoms with van der Waals surface area (Å²) >= 11 is 0. The van der Waals surface area contributed by atoms with E-state index in [2.05, 4.69) is 157 Å². The van der Waals surface area contributed by atoms with Crippen molar-refractivity contribution in [2.75, 3.05) is 19.6 Å². The molecule has 13 heteroatoms. The molecule has 0 aliphatic heterocycles. The van der Waals surface area contributed by atoms with Crippen LogP contribution in [0.25, 0.3) is 66.8 Å². The normalized spacial score (nSPS) is 11.0. The first-order valence-corrected chi connectivity index (χ1v) is 30.8. The molecule has 15 rings (SSSR count). The zero-order valence-corrected chi connectivity index (χ0v) is 50.7. The summed E-state index contributed by atoms with van der Waals surface area (Å²) in [4.78, 5) is 52.9. The van der Waals surface area contributed by atoms with Gasteiger partial charge in [-0.25, -0.2) is 29.9 Å². The Balaban J connectivity index is 0.760. The Kier molecular flexibility index (Phi) is 16.2. The number of para-hydroxylation sites is 6. The first kappa shape index (κ1) is 57.3. The van der Waals surface area contributed by atoms with E-state index < -0.39 is 0 Å². The van der Waals surface area contributed by atoms with E-state index in [-0.39, 0.29) is 0 Å². The average Bonchev–Trinajstić information content (AvgIpc) is 1.40. The maximum atomic E-state index is 5.19. The lowest BCUT2D eigenvalue weighted by Crippen LogP contribution is -2.14. The Morgan fingerprint density at radius 2 is 0.351 bits per heavy atom. The number of nitrogens with zero attached hydrogens (tertiary/aromatic N) is 13. The summed E-state index contributed by atoms with van der Waals surface area (Å²) in [6.07, 6.45) is 22.4. The Labute approximate surface area is 544 Å². The molecule has 0 fully saturated rings. The third-order valence-corrected chi connectivity index (χ3v) is 16.3. The summed E-state index contributed by atoms with van der Waals surface area (Å²) in [5.41, 5.74) is 17.1. The number of hydrogen-bond acceptors (Lipinski definition) is 13. The van der Waals surface area contributed by atoms with Crippen molar-refractivity contribution in [3.8, 4) is 66.8 Å². The quantitative estimate of drug-likeness (QED) is 0.0809. The molecule has 6 aromatic carbocycles. The van der Waals surface area contributed by atoms with Crippen LogP contribution in [-0.2, 0) is 0 Å². The molecular formula is C81H57N13. The van der Waals surface area contributed by atoms with Crippen molar-refractivity contribution in [3.05, 3.63) is 347 Å².